The summed E-state index contributed by atoms with van der Waals surface area (Å²) in [6, 6.07) is 9.54. The van der Waals surface area contributed by atoms with Gasteiger partial charge in [0.25, 0.3) is 5.91 Å². The summed E-state index contributed by atoms with van der Waals surface area (Å²) in [5.74, 6) is -0.522. The molecule has 2 aromatic carbocycles. The number of amides is 1. The number of carbonyl (C=O) groups excluding carboxylic acids is 1. The summed E-state index contributed by atoms with van der Waals surface area (Å²) in [6.45, 7) is 2.06. The predicted octanol–water partition coefficient (Wildman–Crippen LogP) is 3.69. The number of alkyl halides is 3. The molecule has 0 unspecified atom stereocenters. The molecule has 0 aromatic heterocycles. The third kappa shape index (κ3) is 4.48. The van der Waals surface area contributed by atoms with Crippen molar-refractivity contribution in [1.82, 2.24) is 5.32 Å². The molecule has 0 aliphatic heterocycles. The summed E-state index contributed by atoms with van der Waals surface area (Å²) in [5, 5.41) is 12.3. The van der Waals surface area contributed by atoms with E-state index in [1.807, 2.05) is 0 Å². The Hall–Kier alpha value is -2.50. The molecule has 0 saturated carbocycles. The molecule has 0 aliphatic carbocycles. The third-order valence-electron chi connectivity index (χ3n) is 3.38. The number of aromatic hydroxyl groups is 1. The molecule has 0 fully saturated rings. The van der Waals surface area contributed by atoms with Gasteiger partial charge >= 0.3 is 6.18 Å². The van der Waals surface area contributed by atoms with Crippen LogP contribution in [0.25, 0.3) is 0 Å². The van der Waals surface area contributed by atoms with Crippen LogP contribution in [0.2, 0.25) is 0 Å². The number of phenols is 1. The lowest BCUT2D eigenvalue weighted by atomic mass is 10.1. The molecule has 0 atom stereocenters. The first-order chi connectivity index (χ1) is 10.8. The van der Waals surface area contributed by atoms with Crippen LogP contribution in [0.3, 0.4) is 0 Å². The molecule has 122 valence electrons. The molecule has 3 nitrogen and oxygen atoms in total. The monoisotopic (exact) mass is 323 g/mol. The lowest BCUT2D eigenvalue weighted by molar-refractivity contribution is -0.137. The van der Waals surface area contributed by atoms with Gasteiger partial charge in [0.15, 0.2) is 0 Å². The Bertz CT molecular complexity index is 694. The summed E-state index contributed by atoms with van der Waals surface area (Å²) in [7, 11) is 0. The molecule has 2 N–H and O–H groups in total. The van der Waals surface area contributed by atoms with Gasteiger partial charge in [-0.15, -0.1) is 0 Å². The number of hydrogen-bond acceptors (Lipinski definition) is 2. The Morgan fingerprint density at radius 2 is 1.78 bits per heavy atom. The standard InChI is InChI=1S/C17H16F3NO2/c1-11-2-7-14(15(22)10-11)16(23)21-9-8-12-3-5-13(6-4-12)17(18,19)20/h2-7,10,22H,8-9H2,1H3,(H,21,23). The van der Waals surface area contributed by atoms with Gasteiger partial charge in [0.05, 0.1) is 11.1 Å². The van der Waals surface area contributed by atoms with E-state index in [-0.39, 0.29) is 17.9 Å². The van der Waals surface area contributed by atoms with Gasteiger partial charge in [-0.25, -0.2) is 0 Å². The number of rotatable bonds is 4. The van der Waals surface area contributed by atoms with Crippen molar-refractivity contribution in [1.29, 1.82) is 0 Å². The van der Waals surface area contributed by atoms with Crippen molar-refractivity contribution < 1.29 is 23.1 Å². The first kappa shape index (κ1) is 16.9. The van der Waals surface area contributed by atoms with E-state index >= 15 is 0 Å². The van der Waals surface area contributed by atoms with Gasteiger partial charge in [0.1, 0.15) is 5.75 Å². The highest BCUT2D eigenvalue weighted by molar-refractivity contribution is 5.96. The average Bonchev–Trinajstić information content (AvgIpc) is 2.46. The molecular formula is C17H16F3NO2. The van der Waals surface area contributed by atoms with Crippen molar-refractivity contribution in [3.8, 4) is 5.75 Å². The fourth-order valence-corrected chi connectivity index (χ4v) is 2.11. The van der Waals surface area contributed by atoms with Crippen LogP contribution in [0.5, 0.6) is 5.75 Å². The highest BCUT2D eigenvalue weighted by atomic mass is 19.4. The van der Waals surface area contributed by atoms with Crippen LogP contribution in [0.15, 0.2) is 42.5 Å². The molecule has 23 heavy (non-hydrogen) atoms. The number of benzene rings is 2. The van der Waals surface area contributed by atoms with Crippen molar-refractivity contribution >= 4 is 5.91 Å². The molecule has 0 heterocycles. The van der Waals surface area contributed by atoms with Crippen molar-refractivity contribution in [2.24, 2.45) is 0 Å². The van der Waals surface area contributed by atoms with E-state index in [1.54, 1.807) is 13.0 Å². The smallest absolute Gasteiger partial charge is 0.416 e. The normalized spacial score (nSPS) is 11.3. The highest BCUT2D eigenvalue weighted by Gasteiger charge is 2.29. The maximum atomic E-state index is 12.5. The second-order valence-corrected chi connectivity index (χ2v) is 5.22. The van der Waals surface area contributed by atoms with Gasteiger partial charge < -0.3 is 10.4 Å². The lowest BCUT2D eigenvalue weighted by Crippen LogP contribution is -2.25. The number of hydrogen-bond donors (Lipinski definition) is 2. The van der Waals surface area contributed by atoms with Crippen LogP contribution in [0, 0.1) is 6.92 Å². The largest absolute Gasteiger partial charge is 0.507 e. The SMILES string of the molecule is Cc1ccc(C(=O)NCCc2ccc(C(F)(F)F)cc2)c(O)c1. The van der Waals surface area contributed by atoms with Crippen molar-refractivity contribution in [3.05, 3.63) is 64.7 Å². The Morgan fingerprint density at radius 1 is 1.13 bits per heavy atom. The zero-order chi connectivity index (χ0) is 17.0. The molecule has 0 radical (unpaired) electrons. The molecule has 2 rings (SSSR count). The van der Waals surface area contributed by atoms with Crippen molar-refractivity contribution in [3.63, 3.8) is 0 Å². The molecule has 0 saturated heterocycles. The summed E-state index contributed by atoms with van der Waals surface area (Å²) in [4.78, 5) is 11.9. The second kappa shape index (κ2) is 6.73. The van der Waals surface area contributed by atoms with Gasteiger partial charge in [-0.05, 0) is 48.7 Å². The number of phenolic OH excluding ortho intramolecular Hbond substituents is 1. The van der Waals surface area contributed by atoms with Crippen LogP contribution in [0.1, 0.15) is 27.0 Å². The Kier molecular flexibility index (Phi) is 4.93. The number of nitrogens with one attached hydrogen (secondary N) is 1. The molecule has 1 amide bonds. The quantitative estimate of drug-likeness (QED) is 0.901. The number of aryl methyl sites for hydroxylation is 1. The van der Waals surface area contributed by atoms with Crippen LogP contribution in [0.4, 0.5) is 13.2 Å². The van der Waals surface area contributed by atoms with E-state index in [1.165, 1.54) is 24.3 Å². The minimum absolute atomic E-state index is 0.1000. The maximum absolute atomic E-state index is 12.5. The predicted molar refractivity (Wildman–Crippen MR) is 80.3 cm³/mol. The fraction of sp³-hybridized carbons (Fsp3) is 0.235. The topological polar surface area (TPSA) is 49.3 Å². The molecule has 2 aromatic rings. The molecule has 0 aliphatic rings. The third-order valence-corrected chi connectivity index (χ3v) is 3.38. The summed E-state index contributed by atoms with van der Waals surface area (Å²) in [5.41, 5.74) is 0.994. The maximum Gasteiger partial charge on any atom is 0.416 e. The molecule has 0 spiro atoms. The van der Waals surface area contributed by atoms with Crippen LogP contribution < -0.4 is 5.32 Å². The van der Waals surface area contributed by atoms with E-state index in [0.717, 1.165) is 17.7 Å². The molecular weight excluding hydrogens is 307 g/mol. The van der Waals surface area contributed by atoms with E-state index in [4.69, 9.17) is 0 Å². The number of halogens is 3. The van der Waals surface area contributed by atoms with Crippen LogP contribution in [-0.2, 0) is 12.6 Å². The Morgan fingerprint density at radius 3 is 2.35 bits per heavy atom. The first-order valence-electron chi connectivity index (χ1n) is 7.01. The van der Waals surface area contributed by atoms with Gasteiger partial charge in [-0.1, -0.05) is 18.2 Å². The minimum Gasteiger partial charge on any atom is -0.507 e. The van der Waals surface area contributed by atoms with E-state index in [2.05, 4.69) is 5.32 Å². The summed E-state index contributed by atoms with van der Waals surface area (Å²) >= 11 is 0. The Labute approximate surface area is 131 Å². The van der Waals surface area contributed by atoms with Gasteiger partial charge in [-0.2, -0.15) is 13.2 Å². The summed E-state index contributed by atoms with van der Waals surface area (Å²) in [6.07, 6.45) is -3.95. The minimum atomic E-state index is -4.35. The first-order valence-corrected chi connectivity index (χ1v) is 7.01. The fourth-order valence-electron chi connectivity index (χ4n) is 2.11. The summed E-state index contributed by atoms with van der Waals surface area (Å²) < 4.78 is 37.4. The molecule has 0 bridgehead atoms. The van der Waals surface area contributed by atoms with Crippen molar-refractivity contribution in [2.45, 2.75) is 19.5 Å². The average molecular weight is 323 g/mol. The van der Waals surface area contributed by atoms with Crippen LogP contribution >= 0.6 is 0 Å². The van der Waals surface area contributed by atoms with Gasteiger partial charge in [0.2, 0.25) is 0 Å². The van der Waals surface area contributed by atoms with Gasteiger partial charge in [-0.3, -0.25) is 4.79 Å². The van der Waals surface area contributed by atoms with E-state index in [0.29, 0.717) is 12.0 Å². The lowest BCUT2D eigenvalue weighted by Gasteiger charge is -2.09. The van der Waals surface area contributed by atoms with E-state index in [9.17, 15) is 23.1 Å². The number of carbonyl (C=O) groups is 1. The molecule has 6 heteroatoms. The highest BCUT2D eigenvalue weighted by Crippen LogP contribution is 2.29. The second-order valence-electron chi connectivity index (χ2n) is 5.22. The van der Waals surface area contributed by atoms with Crippen LogP contribution in [-0.4, -0.2) is 17.6 Å². The Balaban J connectivity index is 1.90. The van der Waals surface area contributed by atoms with E-state index < -0.39 is 17.6 Å². The zero-order valence-electron chi connectivity index (χ0n) is 12.4. The van der Waals surface area contributed by atoms with Gasteiger partial charge in [0, 0.05) is 6.54 Å². The zero-order valence-corrected chi connectivity index (χ0v) is 12.4. The van der Waals surface area contributed by atoms with Crippen molar-refractivity contribution in [2.75, 3.05) is 6.54 Å².